The van der Waals surface area contributed by atoms with Crippen LogP contribution in [-0.2, 0) is 24.9 Å². The lowest BCUT2D eigenvalue weighted by atomic mass is 9.94. The third-order valence-electron chi connectivity index (χ3n) is 8.57. The number of nitro groups is 1. The number of hydrogen-bond acceptors (Lipinski definition) is 9. The molecular weight excluding hydrogens is 723 g/mol. The highest BCUT2D eigenvalue weighted by Crippen LogP contribution is 2.40. The van der Waals surface area contributed by atoms with E-state index in [1.165, 1.54) is 24.4 Å². The van der Waals surface area contributed by atoms with Gasteiger partial charge in [0.05, 0.1) is 4.47 Å². The van der Waals surface area contributed by atoms with E-state index in [4.69, 9.17) is 19.7 Å². The van der Waals surface area contributed by atoms with Crippen molar-refractivity contribution < 1.29 is 23.6 Å². The van der Waals surface area contributed by atoms with Crippen LogP contribution in [-0.4, -0.2) is 66.6 Å². The molecule has 0 bridgehead atoms. The van der Waals surface area contributed by atoms with Gasteiger partial charge in [-0.05, 0) is 69.0 Å². The highest BCUT2D eigenvalue weighted by atomic mass is 79.9. The van der Waals surface area contributed by atoms with E-state index >= 15 is 0 Å². The molecular formula is C36H36BrFN8O5. The van der Waals surface area contributed by atoms with Crippen molar-refractivity contribution in [2.24, 2.45) is 7.05 Å². The summed E-state index contributed by atoms with van der Waals surface area (Å²) in [4.78, 5) is 31.6. The predicted octanol–water partition coefficient (Wildman–Crippen LogP) is 7.17. The number of aryl methyl sites for hydroxylation is 2. The standard InChI is InChI=1S/C36H36BrFN8O5/c1-5-45-21-31(34(41-45)43-13-15-44(16-14-43)36(47)50-22-25-9-7-6-8-10-25)23(2)30-20-42(4)40-33(30)28-12-11-27(38)18-29(28)24(3)51-32-17-26(37)19-39-35(32)46(48)49/h6-12,17-21,24H,2,5,13-16,22H2,1,3-4H3/t24-/m1/s1. The Kier molecular flexibility index (Phi) is 10.5. The summed E-state index contributed by atoms with van der Waals surface area (Å²) in [5.41, 5.74) is 4.56. The van der Waals surface area contributed by atoms with E-state index in [-0.39, 0.29) is 18.4 Å². The number of anilines is 1. The molecule has 1 aliphatic heterocycles. The van der Waals surface area contributed by atoms with Crippen LogP contribution in [0.15, 0.2) is 84.2 Å². The molecule has 6 rings (SSSR count). The van der Waals surface area contributed by atoms with Crippen molar-refractivity contribution in [3.8, 4) is 17.0 Å². The summed E-state index contributed by atoms with van der Waals surface area (Å²) in [5.74, 6) is -0.305. The van der Waals surface area contributed by atoms with Gasteiger partial charge in [0.2, 0.25) is 5.75 Å². The van der Waals surface area contributed by atoms with Crippen molar-refractivity contribution in [1.82, 2.24) is 29.4 Å². The lowest BCUT2D eigenvalue weighted by molar-refractivity contribution is -0.390. The van der Waals surface area contributed by atoms with Crippen molar-refractivity contribution in [3.63, 3.8) is 0 Å². The van der Waals surface area contributed by atoms with Gasteiger partial charge in [0.25, 0.3) is 0 Å². The molecule has 1 amide bonds. The van der Waals surface area contributed by atoms with Crippen LogP contribution < -0.4 is 9.64 Å². The Morgan fingerprint density at radius 1 is 1.08 bits per heavy atom. The number of benzene rings is 2. The van der Waals surface area contributed by atoms with Gasteiger partial charge < -0.3 is 29.4 Å². The Labute approximate surface area is 302 Å². The minimum absolute atomic E-state index is 0.0658. The van der Waals surface area contributed by atoms with Crippen LogP contribution in [0.1, 0.15) is 42.2 Å². The number of halogens is 2. The molecule has 0 spiro atoms. The number of aromatic nitrogens is 5. The Balaban J connectivity index is 1.26. The maximum Gasteiger partial charge on any atom is 0.410 e. The molecule has 1 saturated heterocycles. The molecule has 13 nitrogen and oxygen atoms in total. The van der Waals surface area contributed by atoms with Gasteiger partial charge in [-0.25, -0.2) is 9.18 Å². The highest BCUT2D eigenvalue weighted by Gasteiger charge is 2.29. The summed E-state index contributed by atoms with van der Waals surface area (Å²) in [6, 6.07) is 15.3. The molecule has 1 fully saturated rings. The van der Waals surface area contributed by atoms with Gasteiger partial charge in [0, 0.05) is 80.5 Å². The number of ether oxygens (including phenoxy) is 2. The molecule has 0 aliphatic carbocycles. The lowest BCUT2D eigenvalue weighted by Crippen LogP contribution is -2.49. The van der Waals surface area contributed by atoms with Crippen LogP contribution in [0.3, 0.4) is 0 Å². The van der Waals surface area contributed by atoms with Crippen molar-refractivity contribution in [3.05, 3.63) is 122 Å². The number of amides is 1. The average molecular weight is 760 g/mol. The van der Waals surface area contributed by atoms with E-state index in [2.05, 4.69) is 32.4 Å². The summed E-state index contributed by atoms with van der Waals surface area (Å²) in [5, 5.41) is 21.3. The number of carbonyl (C=O) groups excluding carboxylic acids is 1. The minimum atomic E-state index is -0.831. The Bertz CT molecular complexity index is 2080. The molecule has 2 aromatic carbocycles. The van der Waals surface area contributed by atoms with E-state index in [0.717, 1.165) is 16.9 Å². The molecule has 4 heterocycles. The van der Waals surface area contributed by atoms with Crippen LogP contribution in [0.5, 0.6) is 5.75 Å². The maximum absolute atomic E-state index is 14.8. The van der Waals surface area contributed by atoms with Crippen molar-refractivity contribution in [2.45, 2.75) is 33.1 Å². The normalized spacial score (nSPS) is 13.6. The molecule has 1 aliphatic rings. The van der Waals surface area contributed by atoms with Gasteiger partial charge >= 0.3 is 11.9 Å². The lowest BCUT2D eigenvalue weighted by Gasteiger charge is -2.34. The molecule has 51 heavy (non-hydrogen) atoms. The van der Waals surface area contributed by atoms with Crippen LogP contribution >= 0.6 is 15.9 Å². The fourth-order valence-corrected chi connectivity index (χ4v) is 6.27. The van der Waals surface area contributed by atoms with Gasteiger partial charge in [-0.2, -0.15) is 10.2 Å². The monoisotopic (exact) mass is 758 g/mol. The zero-order valence-electron chi connectivity index (χ0n) is 28.3. The van der Waals surface area contributed by atoms with Gasteiger partial charge in [0.15, 0.2) is 12.0 Å². The quantitative estimate of drug-likeness (QED) is 0.102. The first-order valence-electron chi connectivity index (χ1n) is 16.3. The number of carbonyl (C=O) groups is 1. The number of hydrogen-bond donors (Lipinski definition) is 0. The van der Waals surface area contributed by atoms with Gasteiger partial charge in [-0.3, -0.25) is 9.36 Å². The fourth-order valence-electron chi connectivity index (χ4n) is 5.96. The average Bonchev–Trinajstić information content (AvgIpc) is 3.74. The largest absolute Gasteiger partial charge is 0.478 e. The highest BCUT2D eigenvalue weighted by molar-refractivity contribution is 9.10. The predicted molar refractivity (Wildman–Crippen MR) is 193 cm³/mol. The summed E-state index contributed by atoms with van der Waals surface area (Å²) < 4.78 is 30.4. The first kappa shape index (κ1) is 35.3. The molecule has 0 radical (unpaired) electrons. The van der Waals surface area contributed by atoms with E-state index in [9.17, 15) is 19.3 Å². The molecule has 5 aromatic rings. The van der Waals surface area contributed by atoms with Gasteiger partial charge in [-0.15, -0.1) is 0 Å². The number of pyridine rings is 1. The maximum atomic E-state index is 14.8. The minimum Gasteiger partial charge on any atom is -0.478 e. The third kappa shape index (κ3) is 7.77. The van der Waals surface area contributed by atoms with Crippen molar-refractivity contribution in [2.75, 3.05) is 31.1 Å². The van der Waals surface area contributed by atoms with Crippen LogP contribution in [0.4, 0.5) is 20.8 Å². The zero-order valence-corrected chi connectivity index (χ0v) is 29.9. The Hall–Kier alpha value is -5.57. The molecule has 264 valence electrons. The van der Waals surface area contributed by atoms with Crippen molar-refractivity contribution >= 4 is 39.2 Å². The van der Waals surface area contributed by atoms with Crippen LogP contribution in [0.2, 0.25) is 0 Å². The molecule has 0 saturated carbocycles. The number of rotatable bonds is 11. The second-order valence-corrected chi connectivity index (χ2v) is 12.9. The van der Waals surface area contributed by atoms with E-state index in [1.54, 1.807) is 29.6 Å². The van der Waals surface area contributed by atoms with E-state index in [0.29, 0.717) is 65.2 Å². The second-order valence-electron chi connectivity index (χ2n) is 12.0. The summed E-state index contributed by atoms with van der Waals surface area (Å²) >= 11 is 3.29. The summed E-state index contributed by atoms with van der Waals surface area (Å²) in [6.07, 6.45) is 3.90. The summed E-state index contributed by atoms with van der Waals surface area (Å²) in [6.45, 7) is 11.0. The molecule has 1 atom stereocenters. The molecule has 0 N–H and O–H groups in total. The Morgan fingerprint density at radius 2 is 1.82 bits per heavy atom. The molecule has 15 heteroatoms. The van der Waals surface area contributed by atoms with Gasteiger partial charge in [-0.1, -0.05) is 36.9 Å². The smallest absolute Gasteiger partial charge is 0.410 e. The first-order chi connectivity index (χ1) is 24.5. The van der Waals surface area contributed by atoms with E-state index in [1.807, 2.05) is 54.3 Å². The zero-order chi connectivity index (χ0) is 36.2. The van der Waals surface area contributed by atoms with Crippen molar-refractivity contribution in [1.29, 1.82) is 0 Å². The number of nitrogens with zero attached hydrogens (tertiary/aromatic N) is 8. The van der Waals surface area contributed by atoms with Crippen LogP contribution in [0.25, 0.3) is 16.8 Å². The Morgan fingerprint density at radius 3 is 2.53 bits per heavy atom. The van der Waals surface area contributed by atoms with Gasteiger partial charge in [0.1, 0.15) is 24.2 Å². The fraction of sp³-hybridized carbons (Fsp3) is 0.278. The number of piperazine rings is 1. The molecule has 3 aromatic heterocycles. The molecule has 0 unspecified atom stereocenters. The third-order valence-corrected chi connectivity index (χ3v) is 9.00. The summed E-state index contributed by atoms with van der Waals surface area (Å²) in [7, 11) is 1.78. The SMILES string of the molecule is C=C(c1cn(C)nc1-c1ccc(F)cc1[C@@H](C)Oc1cc(Br)cnc1[N+](=O)[O-])c1cn(CC)nc1N1CCN(C(=O)OCc2ccccc2)CC1. The van der Waals surface area contributed by atoms with Crippen LogP contribution in [0, 0.1) is 15.9 Å². The topological polar surface area (TPSA) is 134 Å². The first-order valence-corrected chi connectivity index (χ1v) is 17.1. The van der Waals surface area contributed by atoms with E-state index < -0.39 is 22.7 Å². The second kappa shape index (κ2) is 15.1.